The van der Waals surface area contributed by atoms with Crippen molar-refractivity contribution in [2.45, 2.75) is 18.9 Å². The van der Waals surface area contributed by atoms with Gasteiger partial charge in [-0.05, 0) is 25.0 Å². The predicted molar refractivity (Wildman–Crippen MR) is 65.6 cm³/mol. The Morgan fingerprint density at radius 3 is 2.88 bits per heavy atom. The number of benzene rings is 1. The van der Waals surface area contributed by atoms with E-state index >= 15 is 0 Å². The van der Waals surface area contributed by atoms with E-state index in [1.165, 1.54) is 0 Å². The monoisotopic (exact) mass is 216 g/mol. The third-order valence-electron chi connectivity index (χ3n) is 2.52. The molecule has 1 amide bonds. The molecule has 84 valence electrons. The fourth-order valence-electron chi connectivity index (χ4n) is 1.51. The zero-order chi connectivity index (χ0) is 11.4. The Hall–Kier alpha value is -1.77. The van der Waals surface area contributed by atoms with Crippen molar-refractivity contribution in [1.82, 2.24) is 5.32 Å². The van der Waals surface area contributed by atoms with E-state index in [2.05, 4.69) is 17.2 Å². The molecule has 0 aliphatic heterocycles. The number of amides is 1. The van der Waals surface area contributed by atoms with Crippen molar-refractivity contribution in [2.24, 2.45) is 0 Å². The smallest absolute Gasteiger partial charge is 0.253 e. The highest BCUT2D eigenvalue weighted by atomic mass is 16.1. The lowest BCUT2D eigenvalue weighted by Gasteiger charge is -2.10. The molecule has 3 heteroatoms. The second kappa shape index (κ2) is 4.84. The Balaban J connectivity index is 2.10. The summed E-state index contributed by atoms with van der Waals surface area (Å²) in [4.78, 5) is 11.9. The zero-order valence-corrected chi connectivity index (χ0v) is 9.20. The fraction of sp³-hybridized carbons (Fsp3) is 0.308. The number of carbonyl (C=O) groups excluding carboxylic acids is 1. The first-order valence-electron chi connectivity index (χ1n) is 5.56. The lowest BCUT2D eigenvalue weighted by molar-refractivity contribution is 0.0952. The summed E-state index contributed by atoms with van der Waals surface area (Å²) in [5.41, 5.74) is 1.57. The molecule has 0 aromatic heterocycles. The van der Waals surface area contributed by atoms with E-state index in [0.717, 1.165) is 18.5 Å². The maximum atomic E-state index is 11.9. The van der Waals surface area contributed by atoms with Crippen molar-refractivity contribution < 1.29 is 4.79 Å². The minimum atomic E-state index is 0.00895. The number of para-hydroxylation sites is 1. The van der Waals surface area contributed by atoms with Gasteiger partial charge in [-0.3, -0.25) is 4.79 Å². The molecule has 0 bridgehead atoms. The minimum Gasteiger partial charge on any atom is -0.381 e. The van der Waals surface area contributed by atoms with Gasteiger partial charge in [-0.2, -0.15) is 0 Å². The molecule has 1 fully saturated rings. The lowest BCUT2D eigenvalue weighted by atomic mass is 10.1. The lowest BCUT2D eigenvalue weighted by Crippen LogP contribution is -2.26. The van der Waals surface area contributed by atoms with Crippen LogP contribution in [0.1, 0.15) is 23.2 Å². The Kier molecular flexibility index (Phi) is 3.25. The molecule has 0 spiro atoms. The number of nitrogens with one attached hydrogen (secondary N) is 2. The number of hydrogen-bond donors (Lipinski definition) is 2. The summed E-state index contributed by atoms with van der Waals surface area (Å²) < 4.78 is 0. The maximum absolute atomic E-state index is 11.9. The second-order valence-electron chi connectivity index (χ2n) is 3.96. The second-order valence-corrected chi connectivity index (χ2v) is 3.96. The van der Waals surface area contributed by atoms with Crippen molar-refractivity contribution in [3.63, 3.8) is 0 Å². The zero-order valence-electron chi connectivity index (χ0n) is 9.20. The predicted octanol–water partition coefficient (Wildman–Crippen LogP) is 2.18. The number of rotatable bonds is 5. The Morgan fingerprint density at radius 1 is 1.44 bits per heavy atom. The third kappa shape index (κ3) is 2.63. The van der Waals surface area contributed by atoms with Gasteiger partial charge in [0.1, 0.15) is 0 Å². The summed E-state index contributed by atoms with van der Waals surface area (Å²) in [6, 6.07) is 7.93. The average molecular weight is 216 g/mol. The molecule has 0 heterocycles. The molecule has 1 aliphatic carbocycles. The van der Waals surface area contributed by atoms with E-state index in [4.69, 9.17) is 0 Å². The van der Waals surface area contributed by atoms with Crippen LogP contribution in [0.15, 0.2) is 36.9 Å². The fourth-order valence-corrected chi connectivity index (χ4v) is 1.51. The first-order valence-corrected chi connectivity index (χ1v) is 5.56. The number of anilines is 1. The van der Waals surface area contributed by atoms with Gasteiger partial charge in [0.15, 0.2) is 0 Å². The molecule has 0 saturated heterocycles. The van der Waals surface area contributed by atoms with Crippen molar-refractivity contribution in [3.05, 3.63) is 42.5 Å². The summed E-state index contributed by atoms with van der Waals surface area (Å²) in [5.74, 6) is 0.00895. The van der Waals surface area contributed by atoms with Gasteiger partial charge in [0.05, 0.1) is 5.56 Å². The molecule has 0 atom stereocenters. The molecule has 3 nitrogen and oxygen atoms in total. The number of hydrogen-bond acceptors (Lipinski definition) is 2. The Bertz CT molecular complexity index is 397. The van der Waals surface area contributed by atoms with Gasteiger partial charge in [-0.1, -0.05) is 18.2 Å². The largest absolute Gasteiger partial charge is 0.381 e. The molecule has 1 aliphatic rings. The van der Waals surface area contributed by atoms with Gasteiger partial charge < -0.3 is 10.6 Å². The standard InChI is InChI=1S/C13H16N2O/c1-2-9-14-12-6-4-3-5-11(12)13(16)15-10-7-8-10/h2-6,10,14H,1,7-9H2,(H,15,16). The van der Waals surface area contributed by atoms with Gasteiger partial charge in [0.25, 0.3) is 5.91 Å². The minimum absolute atomic E-state index is 0.00895. The summed E-state index contributed by atoms with van der Waals surface area (Å²) in [5, 5.41) is 6.14. The Morgan fingerprint density at radius 2 is 2.19 bits per heavy atom. The van der Waals surface area contributed by atoms with Gasteiger partial charge in [0.2, 0.25) is 0 Å². The van der Waals surface area contributed by atoms with Gasteiger partial charge >= 0.3 is 0 Å². The Labute approximate surface area is 95.6 Å². The highest BCUT2D eigenvalue weighted by Gasteiger charge is 2.24. The maximum Gasteiger partial charge on any atom is 0.253 e. The summed E-state index contributed by atoms with van der Waals surface area (Å²) in [6.07, 6.45) is 3.98. The van der Waals surface area contributed by atoms with Gasteiger partial charge in [-0.15, -0.1) is 6.58 Å². The molecule has 16 heavy (non-hydrogen) atoms. The highest BCUT2D eigenvalue weighted by Crippen LogP contribution is 2.21. The van der Waals surface area contributed by atoms with Crippen LogP contribution in [-0.4, -0.2) is 18.5 Å². The van der Waals surface area contributed by atoms with Crippen LogP contribution in [0, 0.1) is 0 Å². The van der Waals surface area contributed by atoms with Crippen molar-refractivity contribution in [2.75, 3.05) is 11.9 Å². The molecular weight excluding hydrogens is 200 g/mol. The van der Waals surface area contributed by atoms with Crippen molar-refractivity contribution in [1.29, 1.82) is 0 Å². The van der Waals surface area contributed by atoms with Gasteiger partial charge in [-0.25, -0.2) is 0 Å². The van der Waals surface area contributed by atoms with E-state index in [9.17, 15) is 4.79 Å². The van der Waals surface area contributed by atoms with E-state index in [-0.39, 0.29) is 5.91 Å². The van der Waals surface area contributed by atoms with Crippen LogP contribution in [0.2, 0.25) is 0 Å². The molecule has 1 aromatic carbocycles. The van der Waals surface area contributed by atoms with Crippen molar-refractivity contribution in [3.8, 4) is 0 Å². The van der Waals surface area contributed by atoms with Crippen molar-refractivity contribution >= 4 is 11.6 Å². The number of carbonyl (C=O) groups is 1. The van der Waals surface area contributed by atoms with Crippen LogP contribution >= 0.6 is 0 Å². The molecule has 0 radical (unpaired) electrons. The third-order valence-corrected chi connectivity index (χ3v) is 2.52. The van der Waals surface area contributed by atoms with Crippen LogP contribution in [0.5, 0.6) is 0 Å². The van der Waals surface area contributed by atoms with E-state index in [1.807, 2.05) is 24.3 Å². The SMILES string of the molecule is C=CCNc1ccccc1C(=O)NC1CC1. The average Bonchev–Trinajstić information content (AvgIpc) is 3.10. The van der Waals surface area contributed by atoms with Gasteiger partial charge in [0, 0.05) is 18.3 Å². The normalized spacial score (nSPS) is 14.2. The molecule has 1 aromatic rings. The summed E-state index contributed by atoms with van der Waals surface area (Å²) >= 11 is 0. The van der Waals surface area contributed by atoms with E-state index < -0.39 is 0 Å². The quantitative estimate of drug-likeness (QED) is 0.741. The van der Waals surface area contributed by atoms with Crippen LogP contribution in [-0.2, 0) is 0 Å². The van der Waals surface area contributed by atoms with Crippen LogP contribution in [0.4, 0.5) is 5.69 Å². The molecule has 1 saturated carbocycles. The molecule has 2 rings (SSSR count). The molecule has 2 N–H and O–H groups in total. The molecule has 0 unspecified atom stereocenters. The first-order chi connectivity index (χ1) is 7.81. The highest BCUT2D eigenvalue weighted by molar-refractivity contribution is 5.99. The molecular formula is C13H16N2O. The van der Waals surface area contributed by atoms with E-state index in [0.29, 0.717) is 18.2 Å². The van der Waals surface area contributed by atoms with Crippen LogP contribution in [0.3, 0.4) is 0 Å². The van der Waals surface area contributed by atoms with E-state index in [1.54, 1.807) is 6.08 Å². The van der Waals surface area contributed by atoms with Crippen LogP contribution < -0.4 is 10.6 Å². The summed E-state index contributed by atoms with van der Waals surface area (Å²) in [6.45, 7) is 4.31. The topological polar surface area (TPSA) is 41.1 Å². The van der Waals surface area contributed by atoms with Crippen LogP contribution in [0.25, 0.3) is 0 Å². The summed E-state index contributed by atoms with van der Waals surface area (Å²) in [7, 11) is 0. The first kappa shape index (κ1) is 10.7.